The van der Waals surface area contributed by atoms with Crippen LogP contribution in [0.2, 0.25) is 0 Å². The Morgan fingerprint density at radius 3 is 2.85 bits per heavy atom. The Balaban J connectivity index is 2.04. The number of amides is 1. The van der Waals surface area contributed by atoms with E-state index in [2.05, 4.69) is 15.9 Å². The zero-order chi connectivity index (χ0) is 14.5. The minimum atomic E-state index is -0.857. The van der Waals surface area contributed by atoms with E-state index in [1.54, 1.807) is 11.0 Å². The topological polar surface area (TPSA) is 57.6 Å². The number of halogens is 1. The van der Waals surface area contributed by atoms with E-state index in [-0.39, 0.29) is 18.4 Å². The van der Waals surface area contributed by atoms with Crippen molar-refractivity contribution in [2.24, 2.45) is 0 Å². The van der Waals surface area contributed by atoms with Crippen molar-refractivity contribution >= 4 is 33.9 Å². The Labute approximate surface area is 126 Å². The number of nitrogens with zero attached hydrogens (tertiary/aromatic N) is 1. The van der Waals surface area contributed by atoms with E-state index in [0.29, 0.717) is 6.54 Å². The SMILES string of the molecule is O=C(O)CC1CCCN1C(=O)/C=C/c1ccccc1Br. The fourth-order valence-corrected chi connectivity index (χ4v) is 2.82. The van der Waals surface area contributed by atoms with Crippen molar-refractivity contribution in [3.63, 3.8) is 0 Å². The molecule has 0 bridgehead atoms. The lowest BCUT2D eigenvalue weighted by molar-refractivity contribution is -0.139. The average molecular weight is 338 g/mol. The first-order valence-corrected chi connectivity index (χ1v) is 7.32. The average Bonchev–Trinajstić information content (AvgIpc) is 2.85. The number of carbonyl (C=O) groups is 2. The van der Waals surface area contributed by atoms with E-state index >= 15 is 0 Å². The highest BCUT2D eigenvalue weighted by Gasteiger charge is 2.28. The minimum absolute atomic E-state index is 0.0224. The van der Waals surface area contributed by atoms with E-state index in [1.165, 1.54) is 6.08 Å². The molecule has 1 saturated heterocycles. The zero-order valence-corrected chi connectivity index (χ0v) is 12.5. The molecule has 0 radical (unpaired) electrons. The minimum Gasteiger partial charge on any atom is -0.481 e. The molecule has 0 saturated carbocycles. The lowest BCUT2D eigenvalue weighted by Gasteiger charge is -2.21. The van der Waals surface area contributed by atoms with Crippen LogP contribution in [-0.4, -0.2) is 34.5 Å². The summed E-state index contributed by atoms with van der Waals surface area (Å²) in [5, 5.41) is 8.86. The van der Waals surface area contributed by atoms with E-state index in [9.17, 15) is 9.59 Å². The summed E-state index contributed by atoms with van der Waals surface area (Å²) in [5.74, 6) is -0.978. The van der Waals surface area contributed by atoms with Crippen molar-refractivity contribution in [1.82, 2.24) is 4.90 Å². The molecule has 0 aliphatic carbocycles. The van der Waals surface area contributed by atoms with Crippen molar-refractivity contribution in [3.8, 4) is 0 Å². The third-order valence-corrected chi connectivity index (χ3v) is 4.10. The van der Waals surface area contributed by atoms with Gasteiger partial charge in [-0.3, -0.25) is 9.59 Å². The highest BCUT2D eigenvalue weighted by molar-refractivity contribution is 9.10. The van der Waals surface area contributed by atoms with Crippen LogP contribution < -0.4 is 0 Å². The summed E-state index contributed by atoms with van der Waals surface area (Å²) < 4.78 is 0.924. The molecule has 0 aromatic heterocycles. The van der Waals surface area contributed by atoms with Gasteiger partial charge in [0.15, 0.2) is 0 Å². The maximum atomic E-state index is 12.2. The van der Waals surface area contributed by atoms with Crippen LogP contribution >= 0.6 is 15.9 Å². The molecule has 1 atom stereocenters. The van der Waals surface area contributed by atoms with Gasteiger partial charge < -0.3 is 10.0 Å². The lowest BCUT2D eigenvalue weighted by atomic mass is 10.1. The Hall–Kier alpha value is -1.62. The number of aliphatic carboxylic acids is 1. The van der Waals surface area contributed by atoms with Gasteiger partial charge in [0.25, 0.3) is 0 Å². The number of benzene rings is 1. The number of hydrogen-bond donors (Lipinski definition) is 1. The lowest BCUT2D eigenvalue weighted by Crippen LogP contribution is -2.35. The van der Waals surface area contributed by atoms with E-state index < -0.39 is 5.97 Å². The van der Waals surface area contributed by atoms with Crippen LogP contribution in [-0.2, 0) is 9.59 Å². The molecule has 1 fully saturated rings. The maximum Gasteiger partial charge on any atom is 0.305 e. The quantitative estimate of drug-likeness (QED) is 0.859. The molecule has 1 unspecified atom stereocenters. The maximum absolute atomic E-state index is 12.2. The number of carboxylic acids is 1. The van der Waals surface area contributed by atoms with Gasteiger partial charge in [-0.2, -0.15) is 0 Å². The molecule has 1 amide bonds. The summed E-state index contributed by atoms with van der Waals surface area (Å²) in [6, 6.07) is 7.45. The molecule has 1 aliphatic heterocycles. The molecule has 1 aliphatic rings. The van der Waals surface area contributed by atoms with Crippen LogP contribution in [0.4, 0.5) is 0 Å². The van der Waals surface area contributed by atoms with Crippen LogP contribution in [0.1, 0.15) is 24.8 Å². The van der Waals surface area contributed by atoms with Gasteiger partial charge in [-0.25, -0.2) is 0 Å². The zero-order valence-electron chi connectivity index (χ0n) is 11.0. The second kappa shape index (κ2) is 6.70. The molecule has 2 rings (SSSR count). The van der Waals surface area contributed by atoms with Crippen LogP contribution in [0.5, 0.6) is 0 Å². The predicted molar refractivity (Wildman–Crippen MR) is 80.2 cm³/mol. The van der Waals surface area contributed by atoms with Gasteiger partial charge >= 0.3 is 5.97 Å². The predicted octanol–water partition coefficient (Wildman–Crippen LogP) is 2.93. The molecule has 106 valence electrons. The fourth-order valence-electron chi connectivity index (χ4n) is 2.41. The van der Waals surface area contributed by atoms with Crippen molar-refractivity contribution in [1.29, 1.82) is 0 Å². The monoisotopic (exact) mass is 337 g/mol. The van der Waals surface area contributed by atoms with Gasteiger partial charge in [0.1, 0.15) is 0 Å². The Bertz CT molecular complexity index is 542. The third-order valence-electron chi connectivity index (χ3n) is 3.38. The molecule has 1 N–H and O–H groups in total. The van der Waals surface area contributed by atoms with Crippen LogP contribution in [0.3, 0.4) is 0 Å². The number of hydrogen-bond acceptors (Lipinski definition) is 2. The first-order valence-electron chi connectivity index (χ1n) is 6.53. The van der Waals surface area contributed by atoms with E-state index in [4.69, 9.17) is 5.11 Å². The number of carbonyl (C=O) groups excluding carboxylic acids is 1. The number of carboxylic acid groups (broad SMARTS) is 1. The summed E-state index contributed by atoms with van der Waals surface area (Å²) in [6.45, 7) is 0.636. The van der Waals surface area contributed by atoms with Gasteiger partial charge in [-0.15, -0.1) is 0 Å². The first kappa shape index (κ1) is 14.8. The van der Waals surface area contributed by atoms with Gasteiger partial charge in [0.2, 0.25) is 5.91 Å². The Morgan fingerprint density at radius 1 is 1.40 bits per heavy atom. The second-order valence-electron chi connectivity index (χ2n) is 4.78. The third kappa shape index (κ3) is 3.70. The summed E-state index contributed by atoms with van der Waals surface area (Å²) in [7, 11) is 0. The molecule has 5 heteroatoms. The molecule has 4 nitrogen and oxygen atoms in total. The van der Waals surface area contributed by atoms with E-state index in [0.717, 1.165) is 22.9 Å². The molecular weight excluding hydrogens is 322 g/mol. The standard InChI is InChI=1S/C15H16BrNO3/c16-13-6-2-1-4-11(13)7-8-14(18)17-9-3-5-12(17)10-15(19)20/h1-2,4,6-8,12H,3,5,9-10H2,(H,19,20)/b8-7+. The fraction of sp³-hybridized carbons (Fsp3) is 0.333. The van der Waals surface area contributed by atoms with Crippen molar-refractivity contribution in [3.05, 3.63) is 40.4 Å². The van der Waals surface area contributed by atoms with E-state index in [1.807, 2.05) is 24.3 Å². The van der Waals surface area contributed by atoms with Gasteiger partial charge in [0, 0.05) is 23.1 Å². The van der Waals surface area contributed by atoms with Crippen molar-refractivity contribution in [2.75, 3.05) is 6.54 Å². The number of rotatable bonds is 4. The Morgan fingerprint density at radius 2 is 2.15 bits per heavy atom. The van der Waals surface area contributed by atoms with Crippen LogP contribution in [0, 0.1) is 0 Å². The van der Waals surface area contributed by atoms with Gasteiger partial charge in [-0.05, 0) is 30.5 Å². The van der Waals surface area contributed by atoms with Crippen molar-refractivity contribution < 1.29 is 14.7 Å². The van der Waals surface area contributed by atoms with Crippen LogP contribution in [0.25, 0.3) is 6.08 Å². The van der Waals surface area contributed by atoms with Crippen molar-refractivity contribution in [2.45, 2.75) is 25.3 Å². The molecule has 1 aromatic rings. The summed E-state index contributed by atoms with van der Waals surface area (Å²) in [5.41, 5.74) is 0.926. The molecule has 1 aromatic carbocycles. The highest BCUT2D eigenvalue weighted by atomic mass is 79.9. The number of likely N-dealkylation sites (tertiary alicyclic amines) is 1. The highest BCUT2D eigenvalue weighted by Crippen LogP contribution is 2.21. The van der Waals surface area contributed by atoms with Gasteiger partial charge in [0.05, 0.1) is 6.42 Å². The summed E-state index contributed by atoms with van der Waals surface area (Å²) >= 11 is 3.42. The van der Waals surface area contributed by atoms with Gasteiger partial charge in [-0.1, -0.05) is 34.1 Å². The molecular formula is C15H16BrNO3. The first-order chi connectivity index (χ1) is 9.58. The molecule has 0 spiro atoms. The Kier molecular flexibility index (Phi) is 4.95. The van der Waals surface area contributed by atoms with Crippen LogP contribution in [0.15, 0.2) is 34.8 Å². The summed E-state index contributed by atoms with van der Waals surface area (Å²) in [6.07, 6.45) is 4.92. The summed E-state index contributed by atoms with van der Waals surface area (Å²) in [4.78, 5) is 24.6. The second-order valence-corrected chi connectivity index (χ2v) is 5.63. The molecule has 1 heterocycles. The molecule has 20 heavy (non-hydrogen) atoms. The normalized spacial score (nSPS) is 18.6. The largest absolute Gasteiger partial charge is 0.481 e. The smallest absolute Gasteiger partial charge is 0.305 e.